The van der Waals surface area contributed by atoms with Gasteiger partial charge in [-0.05, 0) is 26.8 Å². The number of rotatable bonds is 4. The van der Waals surface area contributed by atoms with E-state index in [0.717, 1.165) is 19.4 Å². The van der Waals surface area contributed by atoms with Crippen molar-refractivity contribution < 1.29 is 4.79 Å². The van der Waals surface area contributed by atoms with Crippen molar-refractivity contribution in [2.24, 2.45) is 5.73 Å². The van der Waals surface area contributed by atoms with Crippen molar-refractivity contribution in [3.05, 3.63) is 0 Å². The minimum Gasteiger partial charge on any atom is -0.370 e. The van der Waals surface area contributed by atoms with Crippen molar-refractivity contribution in [1.82, 2.24) is 15.5 Å². The monoisotopic (exact) mass is 227 g/mol. The Morgan fingerprint density at radius 1 is 1.75 bits per heavy atom. The van der Waals surface area contributed by atoms with Crippen molar-refractivity contribution in [2.75, 3.05) is 20.1 Å². The molecular weight excluding hydrogens is 206 g/mol. The van der Waals surface area contributed by atoms with Crippen LogP contribution in [0.5, 0.6) is 0 Å². The Morgan fingerprint density at radius 2 is 2.44 bits per heavy atom. The lowest BCUT2D eigenvalue weighted by Crippen LogP contribution is -2.57. The molecule has 0 aromatic carbocycles. The predicted octanol–water partition coefficient (Wildman–Crippen LogP) is -0.932. The van der Waals surface area contributed by atoms with Crippen LogP contribution in [0.15, 0.2) is 0 Å². The van der Waals surface area contributed by atoms with Gasteiger partial charge in [-0.2, -0.15) is 0 Å². The largest absolute Gasteiger partial charge is 0.370 e. The summed E-state index contributed by atoms with van der Waals surface area (Å²) in [5.41, 5.74) is 5.17. The third-order valence-corrected chi connectivity index (χ3v) is 2.76. The van der Waals surface area contributed by atoms with Crippen LogP contribution in [-0.2, 0) is 4.79 Å². The first-order valence-corrected chi connectivity index (χ1v) is 5.59. The highest BCUT2D eigenvalue weighted by atomic mass is 16.2. The first-order valence-electron chi connectivity index (χ1n) is 5.59. The summed E-state index contributed by atoms with van der Waals surface area (Å²) in [6.07, 6.45) is 1.62. The maximum absolute atomic E-state index is 11.7. The molecule has 0 spiro atoms. The Hall–Kier alpha value is -1.30. The van der Waals surface area contributed by atoms with Crippen LogP contribution in [0.4, 0.5) is 0 Å². The standard InChI is InChI=1S/C10H21N5O/c1-7-6-15(2)8(9(16)14-7)4-3-5-13-10(11)12/h7-8H,3-6H2,1-2H3,(H,14,16)(H4,11,12,13)/t7-,8-/m0/s1. The molecule has 0 radical (unpaired) electrons. The van der Waals surface area contributed by atoms with E-state index in [-0.39, 0.29) is 24.0 Å². The van der Waals surface area contributed by atoms with Gasteiger partial charge < -0.3 is 16.4 Å². The smallest absolute Gasteiger partial charge is 0.237 e. The van der Waals surface area contributed by atoms with Gasteiger partial charge in [-0.3, -0.25) is 15.1 Å². The lowest BCUT2D eigenvalue weighted by atomic mass is 10.0. The highest BCUT2D eigenvalue weighted by molar-refractivity contribution is 5.82. The number of nitrogens with two attached hydrogens (primary N) is 1. The third kappa shape index (κ3) is 3.69. The van der Waals surface area contributed by atoms with Crippen LogP contribution in [0.25, 0.3) is 0 Å². The second-order valence-electron chi connectivity index (χ2n) is 4.35. The predicted molar refractivity (Wildman–Crippen MR) is 63.2 cm³/mol. The zero-order valence-corrected chi connectivity index (χ0v) is 9.92. The zero-order valence-electron chi connectivity index (χ0n) is 9.92. The Morgan fingerprint density at radius 3 is 3.00 bits per heavy atom. The van der Waals surface area contributed by atoms with Gasteiger partial charge in [-0.1, -0.05) is 0 Å². The molecule has 0 aliphatic carbocycles. The van der Waals surface area contributed by atoms with Gasteiger partial charge in [0.05, 0.1) is 6.04 Å². The summed E-state index contributed by atoms with van der Waals surface area (Å²) in [6.45, 7) is 3.53. The molecule has 1 amide bonds. The lowest BCUT2D eigenvalue weighted by molar-refractivity contribution is -0.129. The first kappa shape index (κ1) is 12.8. The van der Waals surface area contributed by atoms with E-state index in [1.165, 1.54) is 0 Å². The maximum atomic E-state index is 11.7. The number of likely N-dealkylation sites (N-methyl/N-ethyl adjacent to an activating group) is 1. The molecule has 0 bridgehead atoms. The second-order valence-corrected chi connectivity index (χ2v) is 4.35. The maximum Gasteiger partial charge on any atom is 0.237 e. The summed E-state index contributed by atoms with van der Waals surface area (Å²) in [5.74, 6) is 0.0825. The average Bonchev–Trinajstić information content (AvgIpc) is 2.14. The lowest BCUT2D eigenvalue weighted by Gasteiger charge is -2.35. The van der Waals surface area contributed by atoms with Crippen LogP contribution in [0, 0.1) is 5.41 Å². The van der Waals surface area contributed by atoms with E-state index in [4.69, 9.17) is 11.1 Å². The molecule has 1 heterocycles. The number of carbonyl (C=O) groups is 1. The van der Waals surface area contributed by atoms with Gasteiger partial charge in [0, 0.05) is 19.1 Å². The number of amides is 1. The quantitative estimate of drug-likeness (QED) is 0.283. The molecule has 6 heteroatoms. The van der Waals surface area contributed by atoms with Crippen molar-refractivity contribution >= 4 is 11.9 Å². The molecule has 0 aromatic heterocycles. The van der Waals surface area contributed by atoms with Crippen LogP contribution in [0.1, 0.15) is 19.8 Å². The van der Waals surface area contributed by atoms with Crippen LogP contribution in [-0.4, -0.2) is 49.0 Å². The first-order chi connectivity index (χ1) is 7.50. The normalized spacial score (nSPS) is 26.2. The summed E-state index contributed by atoms with van der Waals surface area (Å²) in [6, 6.07) is 0.175. The molecule has 6 nitrogen and oxygen atoms in total. The molecule has 1 fully saturated rings. The van der Waals surface area contributed by atoms with E-state index >= 15 is 0 Å². The fourth-order valence-corrected chi connectivity index (χ4v) is 2.01. The van der Waals surface area contributed by atoms with E-state index in [1.54, 1.807) is 0 Å². The molecule has 0 unspecified atom stereocenters. The summed E-state index contributed by atoms with van der Waals surface area (Å²) in [5, 5.41) is 12.7. The fraction of sp³-hybridized carbons (Fsp3) is 0.800. The fourth-order valence-electron chi connectivity index (χ4n) is 2.01. The van der Waals surface area contributed by atoms with Crippen molar-refractivity contribution in [3.8, 4) is 0 Å². The molecule has 1 rings (SSSR count). The highest BCUT2D eigenvalue weighted by Gasteiger charge is 2.29. The van der Waals surface area contributed by atoms with Crippen molar-refractivity contribution in [3.63, 3.8) is 0 Å². The minimum absolute atomic E-state index is 0.0185. The second kappa shape index (κ2) is 5.69. The number of nitrogens with zero attached hydrogens (tertiary/aromatic N) is 1. The van der Waals surface area contributed by atoms with Crippen LogP contribution >= 0.6 is 0 Å². The number of guanidine groups is 1. The van der Waals surface area contributed by atoms with Gasteiger partial charge in [0.1, 0.15) is 0 Å². The van der Waals surface area contributed by atoms with E-state index in [1.807, 2.05) is 14.0 Å². The summed E-state index contributed by atoms with van der Waals surface area (Å²) in [7, 11) is 1.97. The number of carbonyl (C=O) groups excluding carboxylic acids is 1. The Balaban J connectivity index is 2.30. The van der Waals surface area contributed by atoms with E-state index in [9.17, 15) is 4.79 Å². The summed E-state index contributed by atoms with van der Waals surface area (Å²) < 4.78 is 0. The molecule has 1 aliphatic heterocycles. The Kier molecular flexibility index (Phi) is 4.54. The van der Waals surface area contributed by atoms with Crippen molar-refractivity contribution in [2.45, 2.75) is 31.8 Å². The Labute approximate surface area is 96.1 Å². The van der Waals surface area contributed by atoms with Crippen molar-refractivity contribution in [1.29, 1.82) is 5.41 Å². The average molecular weight is 227 g/mol. The number of nitrogens with one attached hydrogen (secondary N) is 3. The van der Waals surface area contributed by atoms with Crippen LogP contribution < -0.4 is 16.4 Å². The molecule has 0 saturated carbocycles. The van der Waals surface area contributed by atoms with E-state index < -0.39 is 0 Å². The van der Waals surface area contributed by atoms with Crippen LogP contribution in [0.2, 0.25) is 0 Å². The summed E-state index contributed by atoms with van der Waals surface area (Å²) in [4.78, 5) is 13.8. The summed E-state index contributed by atoms with van der Waals surface area (Å²) >= 11 is 0. The SMILES string of the molecule is C[C@H]1CN(C)[C@@H](CCCNC(=N)N)C(=O)N1. The molecule has 0 aromatic rings. The molecule has 2 atom stereocenters. The molecule has 1 aliphatic rings. The van der Waals surface area contributed by atoms with Gasteiger partial charge in [-0.25, -0.2) is 0 Å². The topological polar surface area (TPSA) is 94.2 Å². The van der Waals surface area contributed by atoms with E-state index in [0.29, 0.717) is 6.54 Å². The van der Waals surface area contributed by atoms with Gasteiger partial charge in [0.2, 0.25) is 5.91 Å². The molecule has 16 heavy (non-hydrogen) atoms. The number of hydrogen-bond acceptors (Lipinski definition) is 3. The minimum atomic E-state index is -0.0510. The molecular formula is C10H21N5O. The van der Waals surface area contributed by atoms with E-state index in [2.05, 4.69) is 15.5 Å². The highest BCUT2D eigenvalue weighted by Crippen LogP contribution is 2.10. The molecule has 92 valence electrons. The van der Waals surface area contributed by atoms with Gasteiger partial charge >= 0.3 is 0 Å². The number of piperazine rings is 1. The number of hydrogen-bond donors (Lipinski definition) is 4. The zero-order chi connectivity index (χ0) is 12.1. The van der Waals surface area contributed by atoms with Gasteiger partial charge in [0.15, 0.2) is 5.96 Å². The molecule has 5 N–H and O–H groups in total. The third-order valence-electron chi connectivity index (χ3n) is 2.76. The van der Waals surface area contributed by atoms with Crippen LogP contribution in [0.3, 0.4) is 0 Å². The van der Waals surface area contributed by atoms with Gasteiger partial charge in [-0.15, -0.1) is 0 Å². The Bertz CT molecular complexity index is 268. The molecule has 1 saturated heterocycles. The van der Waals surface area contributed by atoms with Gasteiger partial charge in [0.25, 0.3) is 0 Å².